The molecule has 0 aliphatic heterocycles. The van der Waals surface area contributed by atoms with Crippen molar-refractivity contribution in [1.29, 1.82) is 5.26 Å². The van der Waals surface area contributed by atoms with Crippen molar-refractivity contribution in [1.82, 2.24) is 9.97 Å². The number of carbonyl (C=O) groups is 1. The number of benzene rings is 2. The number of nitrogens with two attached hydrogens (primary N) is 1. The summed E-state index contributed by atoms with van der Waals surface area (Å²) >= 11 is 0. The minimum atomic E-state index is -1.35. The van der Waals surface area contributed by atoms with E-state index in [1.165, 1.54) is 24.3 Å². The van der Waals surface area contributed by atoms with Gasteiger partial charge in [-0.05, 0) is 24.3 Å². The maximum atomic E-state index is 13.0. The zero-order chi connectivity index (χ0) is 20.6. The molecule has 1 aromatic heterocycles. The van der Waals surface area contributed by atoms with Gasteiger partial charge in [0.05, 0.1) is 10.9 Å². The molecule has 29 heavy (non-hydrogen) atoms. The molecule has 0 fully saturated rings. The fraction of sp³-hybridized carbons (Fsp3) is 0. The predicted molar refractivity (Wildman–Crippen MR) is 102 cm³/mol. The second-order valence-electron chi connectivity index (χ2n) is 4.68. The number of nitrogen functional groups attached to an aromatic ring is 1. The summed E-state index contributed by atoms with van der Waals surface area (Å²) in [5.41, 5.74) is 3.53. The number of H-pyrrole nitrogens is 2. The summed E-state index contributed by atoms with van der Waals surface area (Å²) in [5.74, 6) is -2.80. The van der Waals surface area contributed by atoms with Gasteiger partial charge in [0.15, 0.2) is 0 Å². The number of nitriles is 1. The maximum absolute atomic E-state index is 13.0. The normalized spacial score (nSPS) is 8.59. The van der Waals surface area contributed by atoms with Crippen molar-refractivity contribution in [2.24, 2.45) is 0 Å². The Morgan fingerprint density at radius 2 is 1.59 bits per heavy atom. The number of halogens is 2. The van der Waals surface area contributed by atoms with Crippen molar-refractivity contribution in [2.75, 3.05) is 5.73 Å². The number of hydrogen-bond acceptors (Lipinski definition) is 6. The van der Waals surface area contributed by atoms with Crippen LogP contribution in [-0.2, 0) is 0 Å². The van der Waals surface area contributed by atoms with Crippen LogP contribution in [0.5, 0.6) is 0 Å². The summed E-state index contributed by atoms with van der Waals surface area (Å²) in [6.45, 7) is 0. The average Bonchev–Trinajstić information content (AvgIpc) is 2.55. The van der Waals surface area contributed by atoms with Crippen molar-refractivity contribution < 1.29 is 53.3 Å². The van der Waals surface area contributed by atoms with E-state index in [0.717, 1.165) is 18.4 Å². The molecular formula is C16H16BF2N4NaO5. The molecule has 13 heteroatoms. The van der Waals surface area contributed by atoms with Crippen LogP contribution < -0.4 is 46.5 Å². The van der Waals surface area contributed by atoms with Crippen molar-refractivity contribution in [3.05, 3.63) is 74.4 Å². The van der Waals surface area contributed by atoms with E-state index in [1.807, 2.05) is 4.98 Å². The summed E-state index contributed by atoms with van der Waals surface area (Å²) < 4.78 is 25.7. The molecular weight excluding hydrogens is 400 g/mol. The van der Waals surface area contributed by atoms with E-state index in [9.17, 15) is 23.2 Å². The summed E-state index contributed by atoms with van der Waals surface area (Å²) in [6.07, 6.45) is 0.750. The fourth-order valence-corrected chi connectivity index (χ4v) is 1.94. The van der Waals surface area contributed by atoms with Crippen LogP contribution in [0.25, 0.3) is 10.9 Å². The van der Waals surface area contributed by atoms with Crippen molar-refractivity contribution in [3.8, 4) is 6.26 Å². The number of anilines is 1. The minimum absolute atomic E-state index is 0. The Bertz CT molecular complexity index is 1110. The Kier molecular flexibility index (Phi) is 12.7. The monoisotopic (exact) mass is 416 g/mol. The first-order valence-corrected chi connectivity index (χ1v) is 6.94. The number of nitrogens with one attached hydrogen (secondary N) is 2. The molecule has 148 valence electrons. The van der Waals surface area contributed by atoms with E-state index < -0.39 is 34.4 Å². The van der Waals surface area contributed by atoms with Gasteiger partial charge < -0.3 is 20.9 Å². The molecule has 9 nitrogen and oxygen atoms in total. The zero-order valence-corrected chi connectivity index (χ0v) is 16.4. The number of aromatic carboxylic acids is 1. The van der Waals surface area contributed by atoms with Gasteiger partial charge in [-0.3, -0.25) is 9.78 Å². The SMILES string of the molecule is N#CO.Nc1cccc(F)c1C(=O)O.O=c1[nH]c(=O)c2c(F)cccc2[nH]1.[BH4-].[Na+]. The molecule has 0 bridgehead atoms. The molecule has 3 aromatic rings. The number of rotatable bonds is 1. The van der Waals surface area contributed by atoms with Gasteiger partial charge in [0, 0.05) is 5.69 Å². The van der Waals surface area contributed by atoms with Gasteiger partial charge in [-0.1, -0.05) is 20.5 Å². The number of fused-ring (bicyclic) bond motifs is 1. The molecule has 1 heterocycles. The molecule has 0 spiro atoms. The van der Waals surface area contributed by atoms with Crippen LogP contribution >= 0.6 is 0 Å². The molecule has 6 N–H and O–H groups in total. The topological polar surface area (TPSA) is 173 Å². The number of hydrogen-bond donors (Lipinski definition) is 5. The van der Waals surface area contributed by atoms with Gasteiger partial charge in [0.1, 0.15) is 17.2 Å². The molecule has 0 saturated carbocycles. The largest absolute Gasteiger partial charge is 1.00 e. The van der Waals surface area contributed by atoms with E-state index in [4.69, 9.17) is 21.2 Å². The van der Waals surface area contributed by atoms with Gasteiger partial charge in [0.2, 0.25) is 0 Å². The Morgan fingerprint density at radius 1 is 1.07 bits per heavy atom. The molecule has 3 rings (SSSR count). The molecule has 0 amide bonds. The first kappa shape index (κ1) is 28.1. The van der Waals surface area contributed by atoms with Gasteiger partial charge in [-0.25, -0.2) is 18.4 Å². The summed E-state index contributed by atoms with van der Waals surface area (Å²) in [4.78, 5) is 36.5. The van der Waals surface area contributed by atoms with Crippen LogP contribution in [0.15, 0.2) is 46.0 Å². The number of aromatic nitrogens is 2. The van der Waals surface area contributed by atoms with Crippen LogP contribution in [0.1, 0.15) is 10.4 Å². The summed E-state index contributed by atoms with van der Waals surface area (Å²) in [7, 11) is 0. The fourth-order valence-electron chi connectivity index (χ4n) is 1.94. The van der Waals surface area contributed by atoms with E-state index in [1.54, 1.807) is 0 Å². The summed E-state index contributed by atoms with van der Waals surface area (Å²) in [6, 6.07) is 7.81. The van der Waals surface area contributed by atoms with Crippen molar-refractivity contribution >= 4 is 31.0 Å². The number of nitrogens with zero attached hydrogens (tertiary/aromatic N) is 1. The van der Waals surface area contributed by atoms with E-state index >= 15 is 0 Å². The Morgan fingerprint density at radius 3 is 2.07 bits per heavy atom. The molecule has 0 atom stereocenters. The zero-order valence-electron chi connectivity index (χ0n) is 14.4. The molecule has 2 aromatic carbocycles. The van der Waals surface area contributed by atoms with Crippen LogP contribution in [0.4, 0.5) is 14.5 Å². The molecule has 0 unspecified atom stereocenters. The second kappa shape index (κ2) is 13.1. The predicted octanol–water partition coefficient (Wildman–Crippen LogP) is -3.15. The Labute approximate surface area is 185 Å². The Balaban J connectivity index is 0. The van der Waals surface area contributed by atoms with E-state index in [2.05, 4.69) is 4.98 Å². The van der Waals surface area contributed by atoms with Crippen LogP contribution in [-0.4, -0.2) is 34.6 Å². The number of aliphatic hydroxyl groups is 1. The first-order valence-electron chi connectivity index (χ1n) is 6.94. The van der Waals surface area contributed by atoms with E-state index in [-0.39, 0.29) is 54.6 Å². The number of carboxylic acids is 1. The first-order chi connectivity index (χ1) is 12.7. The van der Waals surface area contributed by atoms with Crippen LogP contribution in [0.2, 0.25) is 0 Å². The number of aliphatic hydroxyl groups excluding tert-OH is 1. The third-order valence-electron chi connectivity index (χ3n) is 2.98. The van der Waals surface area contributed by atoms with Gasteiger partial charge in [0.25, 0.3) is 11.8 Å². The van der Waals surface area contributed by atoms with Crippen molar-refractivity contribution in [2.45, 2.75) is 0 Å². The maximum Gasteiger partial charge on any atom is 1.00 e. The van der Waals surface area contributed by atoms with Gasteiger partial charge >= 0.3 is 41.2 Å². The number of carboxylic acid groups (broad SMARTS) is 1. The standard InChI is InChI=1S/C8H5FN2O2.C7H6FNO2.CHNO.BH4.Na/c9-4-2-1-3-5-6(4)7(12)11-8(13)10-5;8-4-2-1-3-5(9)6(4)7(10)11;2-1-3;;/h1-3H,(H2,10,11,12,13);1-3H,9H2,(H,10,11);3H;1H4;/q;;;-1;+1. The van der Waals surface area contributed by atoms with Crippen molar-refractivity contribution in [3.63, 3.8) is 0 Å². The second-order valence-corrected chi connectivity index (χ2v) is 4.68. The Hall–Kier alpha value is -3.14. The summed E-state index contributed by atoms with van der Waals surface area (Å²) in [5, 5.41) is 22.1. The third-order valence-corrected chi connectivity index (χ3v) is 2.98. The molecule has 0 aliphatic carbocycles. The van der Waals surface area contributed by atoms with Gasteiger partial charge in [-0.15, -0.1) is 0 Å². The van der Waals surface area contributed by atoms with Gasteiger partial charge in [-0.2, -0.15) is 5.26 Å². The van der Waals surface area contributed by atoms with Crippen LogP contribution in [0.3, 0.4) is 0 Å². The third kappa shape index (κ3) is 7.78. The minimum Gasteiger partial charge on any atom is -0.478 e. The smallest absolute Gasteiger partial charge is 0.478 e. The molecule has 0 radical (unpaired) electrons. The quantitative estimate of drug-likeness (QED) is 0.158. The van der Waals surface area contributed by atoms with E-state index in [0.29, 0.717) is 0 Å². The average molecular weight is 416 g/mol. The number of aromatic amines is 2. The molecule has 0 saturated heterocycles. The molecule has 0 aliphatic rings. The van der Waals surface area contributed by atoms with Crippen LogP contribution in [0, 0.1) is 23.2 Å².